The minimum atomic E-state index is -0.357. The van der Waals surface area contributed by atoms with Crippen LogP contribution in [0.25, 0.3) is 11.8 Å². The van der Waals surface area contributed by atoms with Crippen molar-refractivity contribution in [1.29, 1.82) is 0 Å². The molecule has 0 saturated heterocycles. The molecule has 1 aromatic heterocycles. The topological polar surface area (TPSA) is 82.3 Å². The molecule has 0 radical (unpaired) electrons. The lowest BCUT2D eigenvalue weighted by Crippen LogP contribution is -2.38. The highest BCUT2D eigenvalue weighted by molar-refractivity contribution is 7.07. The van der Waals surface area contributed by atoms with Gasteiger partial charge in [-0.25, -0.2) is 4.99 Å². The van der Waals surface area contributed by atoms with Gasteiger partial charge < -0.3 is 19.3 Å². The smallest absolute Gasteiger partial charge is 0.271 e. The molecule has 198 valence electrons. The summed E-state index contributed by atoms with van der Waals surface area (Å²) in [6, 6.07) is 17.0. The largest absolute Gasteiger partial charge is 0.503 e. The van der Waals surface area contributed by atoms with Crippen molar-refractivity contribution < 1.29 is 19.3 Å². The number of phenolic OH excluding ortho intramolecular Hbond substituents is 1. The van der Waals surface area contributed by atoms with Crippen LogP contribution in [0, 0.1) is 0 Å². The normalized spacial score (nSPS) is 16.2. The average Bonchev–Trinajstić information content (AvgIpc) is 3.27. The second-order valence-electron chi connectivity index (χ2n) is 9.28. The molecule has 0 bridgehead atoms. The van der Waals surface area contributed by atoms with Crippen LogP contribution in [-0.2, 0) is 6.42 Å². The first-order valence-corrected chi connectivity index (χ1v) is 13.5. The van der Waals surface area contributed by atoms with E-state index in [-0.39, 0.29) is 28.1 Å². The number of thiazole rings is 1. The number of fused-ring (bicyclic) bond motifs is 3. The van der Waals surface area contributed by atoms with Crippen molar-refractivity contribution in [2.45, 2.75) is 18.9 Å². The molecule has 3 aromatic carbocycles. The second-order valence-corrected chi connectivity index (χ2v) is 10.7. The third-order valence-corrected chi connectivity index (χ3v) is 8.44. The number of halogens is 1. The Morgan fingerprint density at radius 1 is 1.00 bits per heavy atom. The Morgan fingerprint density at radius 2 is 1.77 bits per heavy atom. The summed E-state index contributed by atoms with van der Waals surface area (Å²) in [7, 11) is 4.66. The van der Waals surface area contributed by atoms with E-state index in [1.807, 2.05) is 30.3 Å². The first kappa shape index (κ1) is 25.3. The van der Waals surface area contributed by atoms with Gasteiger partial charge in [-0.05, 0) is 65.4 Å². The maximum atomic E-state index is 14.0. The summed E-state index contributed by atoms with van der Waals surface area (Å²) in [4.78, 5) is 19.6. The average molecular weight is 561 g/mol. The van der Waals surface area contributed by atoms with Crippen LogP contribution in [0.1, 0.15) is 34.7 Å². The Labute approximate surface area is 233 Å². The Morgan fingerprint density at radius 3 is 2.54 bits per heavy atom. The number of methoxy groups -OCH3 is 3. The molecule has 0 saturated carbocycles. The van der Waals surface area contributed by atoms with Crippen LogP contribution < -0.4 is 29.1 Å². The van der Waals surface area contributed by atoms with E-state index >= 15 is 0 Å². The van der Waals surface area contributed by atoms with Crippen LogP contribution >= 0.6 is 22.9 Å². The molecule has 6 rings (SSSR count). The van der Waals surface area contributed by atoms with Gasteiger partial charge in [0.2, 0.25) is 0 Å². The highest BCUT2D eigenvalue weighted by atomic mass is 35.5. The highest BCUT2D eigenvalue weighted by Crippen LogP contribution is 2.43. The SMILES string of the molecule is COc1ccc([C@H]2C3=C(N=c4s/c(=C\c5cc(Cl)c(O)c(OC)c5)c(=O)n42)c2ccccc2CC3)cc1OC. The zero-order valence-electron chi connectivity index (χ0n) is 21.5. The molecular formula is C30H25ClN2O5S. The Kier molecular flexibility index (Phi) is 6.45. The molecular weight excluding hydrogens is 536 g/mol. The van der Waals surface area contributed by atoms with Crippen LogP contribution in [0.15, 0.2) is 70.0 Å². The fourth-order valence-electron chi connectivity index (χ4n) is 5.33. The number of rotatable bonds is 5. The molecule has 1 atom stereocenters. The van der Waals surface area contributed by atoms with Crippen LogP contribution in [0.5, 0.6) is 23.0 Å². The molecule has 0 fully saturated rings. The maximum absolute atomic E-state index is 14.0. The molecule has 0 unspecified atom stereocenters. The molecule has 2 aliphatic rings. The number of aromatic hydroxyl groups is 1. The minimum Gasteiger partial charge on any atom is -0.503 e. The van der Waals surface area contributed by atoms with Crippen LogP contribution in [0.3, 0.4) is 0 Å². The maximum Gasteiger partial charge on any atom is 0.271 e. The van der Waals surface area contributed by atoms with Crippen LogP contribution in [0.4, 0.5) is 0 Å². The van der Waals surface area contributed by atoms with Crippen molar-refractivity contribution in [3.8, 4) is 23.0 Å². The number of benzene rings is 3. The van der Waals surface area contributed by atoms with Gasteiger partial charge in [-0.1, -0.05) is 53.3 Å². The molecule has 0 spiro atoms. The quantitative estimate of drug-likeness (QED) is 0.382. The van der Waals surface area contributed by atoms with Gasteiger partial charge in [-0.2, -0.15) is 0 Å². The van der Waals surface area contributed by atoms with E-state index in [9.17, 15) is 9.90 Å². The summed E-state index contributed by atoms with van der Waals surface area (Å²) in [6.45, 7) is 0. The monoisotopic (exact) mass is 560 g/mol. The summed E-state index contributed by atoms with van der Waals surface area (Å²) in [6.07, 6.45) is 3.40. The predicted molar refractivity (Wildman–Crippen MR) is 152 cm³/mol. The van der Waals surface area contributed by atoms with E-state index in [0.717, 1.165) is 35.2 Å². The molecule has 7 nitrogen and oxygen atoms in total. The summed E-state index contributed by atoms with van der Waals surface area (Å²) in [5, 5.41) is 10.3. The first-order chi connectivity index (χ1) is 18.9. The number of aryl methyl sites for hydroxylation is 1. The molecule has 9 heteroatoms. The highest BCUT2D eigenvalue weighted by Gasteiger charge is 2.33. The van der Waals surface area contributed by atoms with Crippen molar-refractivity contribution >= 4 is 34.7 Å². The van der Waals surface area contributed by atoms with Gasteiger partial charge in [0, 0.05) is 5.56 Å². The Hall–Kier alpha value is -4.01. The number of hydrogen-bond acceptors (Lipinski definition) is 7. The van der Waals surface area contributed by atoms with Gasteiger partial charge >= 0.3 is 0 Å². The van der Waals surface area contributed by atoms with Gasteiger partial charge in [0.15, 0.2) is 27.8 Å². The van der Waals surface area contributed by atoms with Crippen LogP contribution in [0.2, 0.25) is 5.02 Å². The molecule has 1 aliphatic carbocycles. The summed E-state index contributed by atoms with van der Waals surface area (Å²) in [5.74, 6) is 1.31. The number of ether oxygens (including phenoxy) is 3. The lowest BCUT2D eigenvalue weighted by atomic mass is 9.83. The van der Waals surface area contributed by atoms with E-state index in [4.69, 9.17) is 30.8 Å². The van der Waals surface area contributed by atoms with Gasteiger partial charge in [0.25, 0.3) is 5.56 Å². The van der Waals surface area contributed by atoms with E-state index in [0.29, 0.717) is 26.4 Å². The van der Waals surface area contributed by atoms with Gasteiger partial charge in [-0.3, -0.25) is 9.36 Å². The van der Waals surface area contributed by atoms with Gasteiger partial charge in [-0.15, -0.1) is 0 Å². The van der Waals surface area contributed by atoms with E-state index in [1.54, 1.807) is 37.0 Å². The number of phenols is 1. The molecule has 39 heavy (non-hydrogen) atoms. The molecule has 4 aromatic rings. The van der Waals surface area contributed by atoms with Crippen molar-refractivity contribution in [3.05, 3.63) is 107 Å². The van der Waals surface area contributed by atoms with Crippen molar-refractivity contribution in [2.24, 2.45) is 4.99 Å². The van der Waals surface area contributed by atoms with Crippen molar-refractivity contribution in [2.75, 3.05) is 21.3 Å². The van der Waals surface area contributed by atoms with Gasteiger partial charge in [0.05, 0.1) is 42.6 Å². The fraction of sp³-hybridized carbons (Fsp3) is 0.200. The second kappa shape index (κ2) is 9.94. The summed E-state index contributed by atoms with van der Waals surface area (Å²) >= 11 is 7.53. The number of aromatic nitrogens is 1. The Bertz CT molecular complexity index is 1840. The lowest BCUT2D eigenvalue weighted by molar-refractivity contribution is 0.354. The number of allylic oxidation sites excluding steroid dienone is 1. The summed E-state index contributed by atoms with van der Waals surface area (Å²) in [5.41, 5.74) is 5.74. The first-order valence-electron chi connectivity index (χ1n) is 12.3. The van der Waals surface area contributed by atoms with E-state index < -0.39 is 0 Å². The van der Waals surface area contributed by atoms with Gasteiger partial charge in [0.1, 0.15) is 0 Å². The fourth-order valence-corrected chi connectivity index (χ4v) is 6.55. The molecule has 0 amide bonds. The van der Waals surface area contributed by atoms with E-state index in [1.165, 1.54) is 24.0 Å². The van der Waals surface area contributed by atoms with E-state index in [2.05, 4.69) is 12.1 Å². The zero-order chi connectivity index (χ0) is 27.3. The lowest BCUT2D eigenvalue weighted by Gasteiger charge is -2.31. The number of nitrogens with zero attached hydrogens (tertiary/aromatic N) is 2. The molecule has 1 N–H and O–H groups in total. The predicted octanol–water partition coefficient (Wildman–Crippen LogP) is 4.70. The molecule has 2 heterocycles. The van der Waals surface area contributed by atoms with Crippen LogP contribution in [-0.4, -0.2) is 31.0 Å². The number of hydrogen-bond donors (Lipinski definition) is 1. The standard InChI is InChI=1S/C30H25ClN2O5S/c1-36-22-11-9-18(15-23(22)37-2)27-20-10-8-17-6-4-5-7-19(17)26(20)32-30-33(27)29(35)25(39-30)14-16-12-21(31)28(34)24(13-16)38-3/h4-7,9,11-15,27,34H,8,10H2,1-3H3/b25-14-/t27-/m0/s1. The third-order valence-electron chi connectivity index (χ3n) is 7.16. The van der Waals surface area contributed by atoms with Crippen molar-refractivity contribution in [3.63, 3.8) is 0 Å². The third kappa shape index (κ3) is 4.20. The molecule has 1 aliphatic heterocycles. The Balaban J connectivity index is 1.61. The van der Waals surface area contributed by atoms with Crippen molar-refractivity contribution in [1.82, 2.24) is 4.57 Å². The summed E-state index contributed by atoms with van der Waals surface area (Å²) < 4.78 is 18.6. The zero-order valence-corrected chi connectivity index (χ0v) is 23.1. The minimum absolute atomic E-state index is 0.141.